The molecule has 0 unspecified atom stereocenters. The zero-order valence-corrected chi connectivity index (χ0v) is 17.7. The molecule has 0 aromatic carbocycles. The lowest BCUT2D eigenvalue weighted by Crippen LogP contribution is -2.46. The van der Waals surface area contributed by atoms with E-state index in [0.717, 1.165) is 37.4 Å². The highest BCUT2D eigenvalue weighted by atomic mass is 19.1. The molecular weight excluding hydrogens is 415 g/mol. The van der Waals surface area contributed by atoms with Gasteiger partial charge in [0, 0.05) is 56.3 Å². The molecular formula is C21H25FN8O2. The zero-order chi connectivity index (χ0) is 22.7. The van der Waals surface area contributed by atoms with Gasteiger partial charge in [-0.1, -0.05) is 5.16 Å². The summed E-state index contributed by atoms with van der Waals surface area (Å²) in [6.07, 6.45) is 6.22. The van der Waals surface area contributed by atoms with Crippen LogP contribution in [0.1, 0.15) is 41.1 Å². The second-order valence-electron chi connectivity index (χ2n) is 8.03. The summed E-state index contributed by atoms with van der Waals surface area (Å²) in [5, 5.41) is 19.3. The lowest BCUT2D eigenvalue weighted by Gasteiger charge is -2.41. The van der Waals surface area contributed by atoms with Crippen molar-refractivity contribution in [1.82, 2.24) is 24.8 Å². The first-order chi connectivity index (χ1) is 15.4. The summed E-state index contributed by atoms with van der Waals surface area (Å²) in [6, 6.07) is 4.71. The van der Waals surface area contributed by atoms with Crippen LogP contribution in [0.5, 0.6) is 0 Å². The summed E-state index contributed by atoms with van der Waals surface area (Å²) in [7, 11) is 0. The van der Waals surface area contributed by atoms with Crippen molar-refractivity contribution < 1.29 is 13.7 Å². The van der Waals surface area contributed by atoms with Crippen LogP contribution in [0.3, 0.4) is 0 Å². The number of hydrogen-bond donors (Lipinski definition) is 3. The van der Waals surface area contributed by atoms with Gasteiger partial charge in [-0.2, -0.15) is 9.49 Å². The first-order valence-corrected chi connectivity index (χ1v) is 10.3. The van der Waals surface area contributed by atoms with E-state index in [-0.39, 0.29) is 11.4 Å². The van der Waals surface area contributed by atoms with Gasteiger partial charge in [0.15, 0.2) is 5.82 Å². The van der Waals surface area contributed by atoms with E-state index in [1.54, 1.807) is 16.9 Å². The Hall–Kier alpha value is -3.60. The fraction of sp³-hybridized carbons (Fsp3) is 0.381. The number of hydrogen-bond acceptors (Lipinski definition) is 8. The van der Waals surface area contributed by atoms with Crippen LogP contribution >= 0.6 is 0 Å². The normalized spacial score (nSPS) is 16.1. The lowest BCUT2D eigenvalue weighted by atomic mass is 9.84. The Morgan fingerprint density at radius 2 is 2.19 bits per heavy atom. The van der Waals surface area contributed by atoms with Gasteiger partial charge in [-0.3, -0.25) is 14.4 Å². The molecule has 10 nitrogen and oxygen atoms in total. The topological polar surface area (TPSA) is 139 Å². The molecule has 1 fully saturated rings. The summed E-state index contributed by atoms with van der Waals surface area (Å²) in [6.45, 7) is 4.08. The van der Waals surface area contributed by atoms with E-state index in [1.165, 1.54) is 18.5 Å². The minimum absolute atomic E-state index is 0.201. The first kappa shape index (κ1) is 21.6. The molecule has 3 aromatic rings. The van der Waals surface area contributed by atoms with Crippen molar-refractivity contribution in [2.75, 3.05) is 18.4 Å². The van der Waals surface area contributed by atoms with Crippen molar-refractivity contribution >= 4 is 23.6 Å². The van der Waals surface area contributed by atoms with E-state index in [9.17, 15) is 9.18 Å². The van der Waals surface area contributed by atoms with Crippen molar-refractivity contribution in [3.63, 3.8) is 0 Å². The smallest absolute Gasteiger partial charge is 0.254 e. The summed E-state index contributed by atoms with van der Waals surface area (Å²) in [5.41, 5.74) is 6.60. The van der Waals surface area contributed by atoms with Crippen molar-refractivity contribution in [3.8, 4) is 0 Å². The number of rotatable bonds is 8. The molecule has 0 saturated carbocycles. The minimum atomic E-state index is -0.648. The van der Waals surface area contributed by atoms with Crippen LogP contribution in [0.15, 0.2) is 35.1 Å². The number of halogens is 1. The Bertz CT molecular complexity index is 1120. The lowest BCUT2D eigenvalue weighted by molar-refractivity contribution is 0.0975. The molecule has 0 spiro atoms. The van der Waals surface area contributed by atoms with Crippen molar-refractivity contribution in [3.05, 3.63) is 53.6 Å². The van der Waals surface area contributed by atoms with Gasteiger partial charge in [0.2, 0.25) is 5.95 Å². The number of nitrogens with one attached hydrogen (secondary N) is 2. The number of carbonyl (C=O) groups excluding carboxylic acids is 1. The van der Waals surface area contributed by atoms with Gasteiger partial charge in [0.05, 0.1) is 11.2 Å². The van der Waals surface area contributed by atoms with Gasteiger partial charge in [0.1, 0.15) is 11.3 Å². The molecule has 4 N–H and O–H groups in total. The van der Waals surface area contributed by atoms with E-state index >= 15 is 0 Å². The third-order valence-corrected chi connectivity index (χ3v) is 5.79. The third-order valence-electron chi connectivity index (χ3n) is 5.79. The molecule has 0 aliphatic carbocycles. The molecule has 168 valence electrons. The molecule has 0 radical (unpaired) electrons. The van der Waals surface area contributed by atoms with Crippen LogP contribution in [0.4, 0.5) is 15.9 Å². The average Bonchev–Trinajstić information content (AvgIpc) is 3.36. The van der Waals surface area contributed by atoms with E-state index in [2.05, 4.69) is 25.5 Å². The number of aryl methyl sites for hydroxylation is 1. The molecule has 0 atom stereocenters. The number of anilines is 2. The van der Waals surface area contributed by atoms with E-state index in [4.69, 9.17) is 15.7 Å². The van der Waals surface area contributed by atoms with Gasteiger partial charge in [0.25, 0.3) is 5.91 Å². The van der Waals surface area contributed by atoms with Crippen LogP contribution in [-0.2, 0) is 12.1 Å². The maximum absolute atomic E-state index is 13.5. The van der Waals surface area contributed by atoms with Crippen LogP contribution in [-0.4, -0.2) is 50.0 Å². The maximum atomic E-state index is 13.5. The number of nitrogens with zero attached hydrogens (tertiary/aromatic N) is 5. The Balaban J connectivity index is 1.56. The fourth-order valence-electron chi connectivity index (χ4n) is 4.07. The average molecular weight is 440 g/mol. The molecule has 1 amide bonds. The molecule has 1 aliphatic heterocycles. The number of primary amides is 1. The molecule has 32 heavy (non-hydrogen) atoms. The SMILES string of the molecule is Cc1cc(CN2CCC(CC=N)(n3cc(C(N)=O)c(Nc4ccnc(F)c4)n3)CC2)no1. The molecule has 11 heteroatoms. The fourth-order valence-corrected chi connectivity index (χ4v) is 4.07. The van der Waals surface area contributed by atoms with Gasteiger partial charge in [-0.25, -0.2) is 4.98 Å². The Kier molecular flexibility index (Phi) is 5.99. The van der Waals surface area contributed by atoms with Gasteiger partial charge in [-0.05, 0) is 32.0 Å². The molecule has 1 saturated heterocycles. The summed E-state index contributed by atoms with van der Waals surface area (Å²) >= 11 is 0. The Morgan fingerprint density at radius 1 is 1.41 bits per heavy atom. The minimum Gasteiger partial charge on any atom is -0.365 e. The Morgan fingerprint density at radius 3 is 2.81 bits per heavy atom. The number of aromatic nitrogens is 4. The monoisotopic (exact) mass is 440 g/mol. The molecule has 3 aromatic heterocycles. The number of nitrogens with two attached hydrogens (primary N) is 1. The molecule has 4 rings (SSSR count). The highest BCUT2D eigenvalue weighted by molar-refractivity contribution is 5.98. The quantitative estimate of drug-likeness (QED) is 0.361. The van der Waals surface area contributed by atoms with E-state index in [0.29, 0.717) is 18.7 Å². The third kappa shape index (κ3) is 4.52. The molecule has 0 bridgehead atoms. The van der Waals surface area contributed by atoms with Crippen LogP contribution in [0.25, 0.3) is 0 Å². The van der Waals surface area contributed by atoms with Gasteiger partial charge < -0.3 is 21.0 Å². The number of likely N-dealkylation sites (tertiary alicyclic amines) is 1. The zero-order valence-electron chi connectivity index (χ0n) is 17.7. The van der Waals surface area contributed by atoms with Crippen molar-refractivity contribution in [2.45, 2.75) is 38.3 Å². The number of piperidine rings is 1. The first-order valence-electron chi connectivity index (χ1n) is 10.3. The maximum Gasteiger partial charge on any atom is 0.254 e. The van der Waals surface area contributed by atoms with Crippen molar-refractivity contribution in [1.29, 1.82) is 5.41 Å². The predicted octanol–water partition coefficient (Wildman–Crippen LogP) is 2.59. The van der Waals surface area contributed by atoms with Crippen LogP contribution in [0.2, 0.25) is 0 Å². The molecule has 1 aliphatic rings. The highest BCUT2D eigenvalue weighted by Crippen LogP contribution is 2.35. The van der Waals surface area contributed by atoms with E-state index < -0.39 is 17.4 Å². The predicted molar refractivity (Wildman–Crippen MR) is 115 cm³/mol. The second kappa shape index (κ2) is 8.87. The van der Waals surface area contributed by atoms with Crippen molar-refractivity contribution in [2.24, 2.45) is 5.73 Å². The van der Waals surface area contributed by atoms with Gasteiger partial charge >= 0.3 is 0 Å². The van der Waals surface area contributed by atoms with Gasteiger partial charge in [-0.15, -0.1) is 0 Å². The summed E-state index contributed by atoms with van der Waals surface area (Å²) in [5.74, 6) is -0.269. The molecule has 4 heterocycles. The number of amides is 1. The highest BCUT2D eigenvalue weighted by Gasteiger charge is 2.37. The second-order valence-corrected chi connectivity index (χ2v) is 8.03. The Labute approximate surface area is 184 Å². The number of carbonyl (C=O) groups is 1. The standard InChI is InChI=1S/C21H25FN8O2/c1-14-10-16(28-32-14)12-29-8-4-21(3-6-23,5-9-29)30-13-17(19(24)31)20(27-30)26-15-2-7-25-18(22)11-15/h2,6-7,10-11,13,23H,3-5,8-9,12H2,1H3,(H2,24,31)(H,25,26,27). The summed E-state index contributed by atoms with van der Waals surface area (Å²) in [4.78, 5) is 17.9. The summed E-state index contributed by atoms with van der Waals surface area (Å²) < 4.78 is 20.4. The largest absolute Gasteiger partial charge is 0.365 e. The van der Waals surface area contributed by atoms with Crippen LogP contribution < -0.4 is 11.1 Å². The van der Waals surface area contributed by atoms with Crippen LogP contribution in [0, 0.1) is 18.3 Å². The number of pyridine rings is 1. The van der Waals surface area contributed by atoms with E-state index in [1.807, 2.05) is 13.0 Å².